The summed E-state index contributed by atoms with van der Waals surface area (Å²) in [4.78, 5) is 12.0. The summed E-state index contributed by atoms with van der Waals surface area (Å²) < 4.78 is 0. The number of aromatic hydroxyl groups is 1. The van der Waals surface area contributed by atoms with Crippen LogP contribution in [0.25, 0.3) is 0 Å². The molecular weight excluding hydrogens is 290 g/mol. The Morgan fingerprint density at radius 2 is 1.83 bits per heavy atom. The SMILES string of the molecule is N#C/C(=C/Nc1ccc(O)cc1)C(=O)NCCc1ccccc1. The monoisotopic (exact) mass is 307 g/mol. The fraction of sp³-hybridized carbons (Fsp3) is 0.111. The van der Waals surface area contributed by atoms with Gasteiger partial charge in [0.2, 0.25) is 0 Å². The summed E-state index contributed by atoms with van der Waals surface area (Å²) in [7, 11) is 0. The Bertz CT molecular complexity index is 716. The van der Waals surface area contributed by atoms with Crippen LogP contribution in [0, 0.1) is 11.3 Å². The minimum Gasteiger partial charge on any atom is -0.508 e. The van der Waals surface area contributed by atoms with Crippen LogP contribution in [0.3, 0.4) is 0 Å². The van der Waals surface area contributed by atoms with E-state index in [0.717, 1.165) is 5.56 Å². The Labute approximate surface area is 134 Å². The van der Waals surface area contributed by atoms with Crippen molar-refractivity contribution in [2.24, 2.45) is 0 Å². The smallest absolute Gasteiger partial charge is 0.263 e. The van der Waals surface area contributed by atoms with Crippen LogP contribution in [0.4, 0.5) is 5.69 Å². The minimum absolute atomic E-state index is 0.00821. The van der Waals surface area contributed by atoms with Gasteiger partial charge in [-0.05, 0) is 36.2 Å². The molecule has 0 aliphatic carbocycles. The Balaban J connectivity index is 1.86. The molecule has 0 heterocycles. The van der Waals surface area contributed by atoms with E-state index in [2.05, 4.69) is 10.6 Å². The summed E-state index contributed by atoms with van der Waals surface area (Å²) >= 11 is 0. The van der Waals surface area contributed by atoms with E-state index in [1.165, 1.54) is 18.3 Å². The zero-order chi connectivity index (χ0) is 16.5. The largest absolute Gasteiger partial charge is 0.508 e. The van der Waals surface area contributed by atoms with Gasteiger partial charge in [0.15, 0.2) is 0 Å². The second kappa shape index (κ2) is 8.25. The third-order valence-electron chi connectivity index (χ3n) is 3.16. The number of carbonyl (C=O) groups excluding carboxylic acids is 1. The third kappa shape index (κ3) is 5.21. The molecule has 5 heteroatoms. The molecule has 2 rings (SSSR count). The Kier molecular flexibility index (Phi) is 5.78. The molecule has 116 valence electrons. The lowest BCUT2D eigenvalue weighted by Crippen LogP contribution is -2.27. The molecule has 1 amide bonds. The molecule has 23 heavy (non-hydrogen) atoms. The minimum atomic E-state index is -0.422. The lowest BCUT2D eigenvalue weighted by atomic mass is 10.1. The summed E-state index contributed by atoms with van der Waals surface area (Å²) in [6.07, 6.45) is 2.06. The molecule has 2 aromatic rings. The number of benzene rings is 2. The van der Waals surface area contributed by atoms with Gasteiger partial charge in [-0.2, -0.15) is 5.26 Å². The van der Waals surface area contributed by atoms with Crippen LogP contribution in [0.2, 0.25) is 0 Å². The van der Waals surface area contributed by atoms with Gasteiger partial charge in [0, 0.05) is 18.4 Å². The van der Waals surface area contributed by atoms with Crippen LogP contribution in [-0.4, -0.2) is 17.6 Å². The van der Waals surface area contributed by atoms with Crippen molar-refractivity contribution in [1.82, 2.24) is 5.32 Å². The van der Waals surface area contributed by atoms with Gasteiger partial charge in [-0.1, -0.05) is 30.3 Å². The highest BCUT2D eigenvalue weighted by Crippen LogP contribution is 2.13. The van der Waals surface area contributed by atoms with Crippen molar-refractivity contribution in [3.05, 3.63) is 71.9 Å². The number of anilines is 1. The average molecular weight is 307 g/mol. The highest BCUT2D eigenvalue weighted by Gasteiger charge is 2.07. The summed E-state index contributed by atoms with van der Waals surface area (Å²) in [5.74, 6) is -0.270. The molecule has 0 aliphatic rings. The molecule has 0 radical (unpaired) electrons. The number of hydrogen-bond acceptors (Lipinski definition) is 4. The predicted molar refractivity (Wildman–Crippen MR) is 88.6 cm³/mol. The fourth-order valence-corrected chi connectivity index (χ4v) is 1.92. The lowest BCUT2D eigenvalue weighted by molar-refractivity contribution is -0.117. The standard InChI is InChI=1S/C18H17N3O2/c19-12-15(13-21-16-6-8-17(22)9-7-16)18(23)20-11-10-14-4-2-1-3-5-14/h1-9,13,21-22H,10-11H2,(H,20,23)/b15-13-. The lowest BCUT2D eigenvalue weighted by Gasteiger charge is -2.05. The zero-order valence-corrected chi connectivity index (χ0v) is 12.5. The van der Waals surface area contributed by atoms with Crippen molar-refractivity contribution in [3.8, 4) is 11.8 Å². The average Bonchev–Trinajstić information content (AvgIpc) is 2.58. The third-order valence-corrected chi connectivity index (χ3v) is 3.16. The maximum atomic E-state index is 12.0. The topological polar surface area (TPSA) is 85.2 Å². The van der Waals surface area contributed by atoms with Gasteiger partial charge in [-0.25, -0.2) is 0 Å². The Hall–Kier alpha value is -3.26. The molecular formula is C18H17N3O2. The first-order valence-electron chi connectivity index (χ1n) is 7.17. The number of phenols is 1. The summed E-state index contributed by atoms with van der Waals surface area (Å²) in [5, 5.41) is 23.8. The maximum absolute atomic E-state index is 12.0. The van der Waals surface area contributed by atoms with E-state index in [1.54, 1.807) is 12.1 Å². The highest BCUT2D eigenvalue weighted by atomic mass is 16.3. The van der Waals surface area contributed by atoms with Crippen molar-refractivity contribution in [1.29, 1.82) is 5.26 Å². The van der Waals surface area contributed by atoms with Crippen LogP contribution in [0.15, 0.2) is 66.4 Å². The number of nitrogens with one attached hydrogen (secondary N) is 2. The van der Waals surface area contributed by atoms with Crippen LogP contribution in [0.5, 0.6) is 5.75 Å². The van der Waals surface area contributed by atoms with Crippen molar-refractivity contribution < 1.29 is 9.90 Å². The highest BCUT2D eigenvalue weighted by molar-refractivity contribution is 5.97. The second-order valence-electron chi connectivity index (χ2n) is 4.85. The molecule has 0 saturated carbocycles. The number of amides is 1. The van der Waals surface area contributed by atoms with E-state index in [9.17, 15) is 9.90 Å². The molecule has 2 aromatic carbocycles. The van der Waals surface area contributed by atoms with Crippen molar-refractivity contribution >= 4 is 11.6 Å². The molecule has 0 aromatic heterocycles. The van der Waals surface area contributed by atoms with E-state index in [4.69, 9.17) is 5.26 Å². The van der Waals surface area contributed by atoms with Crippen molar-refractivity contribution in [2.45, 2.75) is 6.42 Å². The normalized spacial score (nSPS) is 10.7. The summed E-state index contributed by atoms with van der Waals surface area (Å²) in [6.45, 7) is 0.459. The van der Waals surface area contributed by atoms with E-state index >= 15 is 0 Å². The number of phenolic OH excluding ortho intramolecular Hbond substituents is 1. The molecule has 0 bridgehead atoms. The van der Waals surface area contributed by atoms with Gasteiger partial charge in [-0.15, -0.1) is 0 Å². The summed E-state index contributed by atoms with van der Waals surface area (Å²) in [6, 6.07) is 18.0. The summed E-state index contributed by atoms with van der Waals surface area (Å²) in [5.41, 5.74) is 1.79. The molecule has 3 N–H and O–H groups in total. The molecule has 0 aliphatic heterocycles. The first kappa shape index (κ1) is 16.1. The first-order chi connectivity index (χ1) is 11.2. The quantitative estimate of drug-likeness (QED) is 0.435. The van der Waals surface area contributed by atoms with Gasteiger partial charge < -0.3 is 15.7 Å². The molecule has 0 saturated heterocycles. The maximum Gasteiger partial charge on any atom is 0.263 e. The number of nitrogens with zero attached hydrogens (tertiary/aromatic N) is 1. The first-order valence-corrected chi connectivity index (χ1v) is 7.17. The molecule has 0 atom stereocenters. The van der Waals surface area contributed by atoms with Crippen LogP contribution >= 0.6 is 0 Å². The van der Waals surface area contributed by atoms with Crippen LogP contribution in [-0.2, 0) is 11.2 Å². The van der Waals surface area contributed by atoms with E-state index < -0.39 is 5.91 Å². The van der Waals surface area contributed by atoms with Gasteiger partial charge in [0.05, 0.1) is 0 Å². The van der Waals surface area contributed by atoms with Gasteiger partial charge >= 0.3 is 0 Å². The Morgan fingerprint density at radius 1 is 1.13 bits per heavy atom. The predicted octanol–water partition coefficient (Wildman–Crippen LogP) is 2.57. The van der Waals surface area contributed by atoms with Crippen LogP contribution < -0.4 is 10.6 Å². The van der Waals surface area contributed by atoms with Crippen molar-refractivity contribution in [2.75, 3.05) is 11.9 Å². The van der Waals surface area contributed by atoms with E-state index in [1.807, 2.05) is 36.4 Å². The molecule has 0 spiro atoms. The number of hydrogen-bond donors (Lipinski definition) is 3. The second-order valence-corrected chi connectivity index (χ2v) is 4.85. The fourth-order valence-electron chi connectivity index (χ4n) is 1.92. The molecule has 0 fully saturated rings. The number of carbonyl (C=O) groups is 1. The Morgan fingerprint density at radius 3 is 2.48 bits per heavy atom. The van der Waals surface area contributed by atoms with Gasteiger partial charge in [-0.3, -0.25) is 4.79 Å². The zero-order valence-electron chi connectivity index (χ0n) is 12.5. The van der Waals surface area contributed by atoms with Crippen LogP contribution in [0.1, 0.15) is 5.56 Å². The molecule has 5 nitrogen and oxygen atoms in total. The van der Waals surface area contributed by atoms with Crippen molar-refractivity contribution in [3.63, 3.8) is 0 Å². The van der Waals surface area contributed by atoms with Gasteiger partial charge in [0.25, 0.3) is 5.91 Å². The number of nitriles is 1. The number of rotatable bonds is 6. The van der Waals surface area contributed by atoms with E-state index in [0.29, 0.717) is 18.7 Å². The van der Waals surface area contributed by atoms with E-state index in [-0.39, 0.29) is 11.3 Å². The van der Waals surface area contributed by atoms with Gasteiger partial charge in [0.1, 0.15) is 17.4 Å². The molecule has 0 unspecified atom stereocenters.